The highest BCUT2D eigenvalue weighted by Crippen LogP contribution is 2.27. The number of carbonyl (C=O) groups is 2. The lowest BCUT2D eigenvalue weighted by molar-refractivity contribution is -0.121. The summed E-state index contributed by atoms with van der Waals surface area (Å²) in [6.45, 7) is 5.06. The van der Waals surface area contributed by atoms with Gasteiger partial charge >= 0.3 is 5.97 Å². The average molecular weight is 349 g/mol. The number of aryl methyl sites for hydroxylation is 1. The van der Waals surface area contributed by atoms with Crippen LogP contribution in [0.25, 0.3) is 0 Å². The van der Waals surface area contributed by atoms with E-state index in [1.54, 1.807) is 6.92 Å². The summed E-state index contributed by atoms with van der Waals surface area (Å²) >= 11 is 0. The largest absolute Gasteiger partial charge is 0.489 e. The number of benzene rings is 1. The molecule has 1 heterocycles. The van der Waals surface area contributed by atoms with Crippen LogP contribution in [0.4, 0.5) is 5.69 Å². The number of aromatic carboxylic acids is 1. The van der Waals surface area contributed by atoms with Crippen LogP contribution < -0.4 is 10.1 Å². The number of nitrogens with one attached hydrogen (secondary N) is 1. The first kappa shape index (κ1) is 18.4. The Morgan fingerprint density at radius 2 is 2.12 bits per heavy atom. The molecule has 1 aromatic heterocycles. The second-order valence-corrected chi connectivity index (χ2v) is 5.46. The maximum Gasteiger partial charge on any atom is 0.335 e. The number of ether oxygens (including phenoxy) is 2. The van der Waals surface area contributed by atoms with Gasteiger partial charge in [0.2, 0.25) is 5.91 Å². The van der Waals surface area contributed by atoms with Gasteiger partial charge < -0.3 is 24.4 Å². The second-order valence-electron chi connectivity index (χ2n) is 5.46. The predicted molar refractivity (Wildman–Crippen MR) is 86.5 cm³/mol. The van der Waals surface area contributed by atoms with Crippen LogP contribution in [0.5, 0.6) is 5.75 Å². The van der Waals surface area contributed by atoms with Crippen molar-refractivity contribution in [2.24, 2.45) is 0 Å². The number of aromatic nitrogens is 2. The molecule has 0 radical (unpaired) electrons. The van der Waals surface area contributed by atoms with Crippen molar-refractivity contribution in [1.82, 2.24) is 10.1 Å². The zero-order valence-electron chi connectivity index (χ0n) is 14.1. The van der Waals surface area contributed by atoms with Gasteiger partial charge in [0, 0.05) is 0 Å². The molecule has 0 aliphatic rings. The summed E-state index contributed by atoms with van der Waals surface area (Å²) < 4.78 is 15.6. The first-order chi connectivity index (χ1) is 11.8. The van der Waals surface area contributed by atoms with Crippen molar-refractivity contribution in [3.63, 3.8) is 0 Å². The third-order valence-electron chi connectivity index (χ3n) is 2.89. The predicted octanol–water partition coefficient (Wildman–Crippen LogP) is 2.02. The molecule has 0 fully saturated rings. The van der Waals surface area contributed by atoms with Crippen molar-refractivity contribution in [3.05, 3.63) is 35.5 Å². The molecule has 0 saturated carbocycles. The van der Waals surface area contributed by atoms with Crippen molar-refractivity contribution < 1.29 is 28.7 Å². The van der Waals surface area contributed by atoms with Crippen molar-refractivity contribution in [3.8, 4) is 5.75 Å². The molecule has 0 saturated heterocycles. The smallest absolute Gasteiger partial charge is 0.335 e. The molecular formula is C16H19N3O6. The molecule has 0 spiro atoms. The molecule has 1 aromatic carbocycles. The molecule has 25 heavy (non-hydrogen) atoms. The summed E-state index contributed by atoms with van der Waals surface area (Å²) in [4.78, 5) is 27.1. The van der Waals surface area contributed by atoms with E-state index in [1.165, 1.54) is 18.2 Å². The fraction of sp³-hybridized carbons (Fsp3) is 0.375. The number of carboxylic acid groups (broad SMARTS) is 1. The zero-order chi connectivity index (χ0) is 18.4. The van der Waals surface area contributed by atoms with E-state index >= 15 is 0 Å². The van der Waals surface area contributed by atoms with Crippen LogP contribution in [-0.2, 0) is 16.1 Å². The summed E-state index contributed by atoms with van der Waals surface area (Å²) in [5.74, 6) is -0.450. The molecule has 2 aromatic rings. The summed E-state index contributed by atoms with van der Waals surface area (Å²) in [5, 5.41) is 15.3. The van der Waals surface area contributed by atoms with Gasteiger partial charge in [0.05, 0.1) is 17.4 Å². The molecular weight excluding hydrogens is 330 g/mol. The van der Waals surface area contributed by atoms with Crippen LogP contribution in [0.2, 0.25) is 0 Å². The normalized spacial score (nSPS) is 10.7. The molecule has 0 aliphatic carbocycles. The Kier molecular flexibility index (Phi) is 6.07. The molecule has 9 heteroatoms. The van der Waals surface area contributed by atoms with E-state index in [9.17, 15) is 9.59 Å². The minimum absolute atomic E-state index is 0.00121. The Morgan fingerprint density at radius 3 is 2.72 bits per heavy atom. The SMILES string of the molecule is Cc1noc(COCC(=O)Nc2cc(C(=O)O)ccc2OC(C)C)n1. The quantitative estimate of drug-likeness (QED) is 0.742. The average Bonchev–Trinajstić information content (AvgIpc) is 2.93. The molecule has 2 N–H and O–H groups in total. The third kappa shape index (κ3) is 5.57. The van der Waals surface area contributed by atoms with Gasteiger partial charge in [-0.25, -0.2) is 4.79 Å². The number of nitrogens with zero attached hydrogens (tertiary/aromatic N) is 2. The van der Waals surface area contributed by atoms with E-state index in [0.29, 0.717) is 11.6 Å². The first-order valence-corrected chi connectivity index (χ1v) is 7.56. The van der Waals surface area contributed by atoms with Crippen molar-refractivity contribution in [2.45, 2.75) is 33.5 Å². The van der Waals surface area contributed by atoms with Crippen LogP contribution in [0.1, 0.15) is 35.9 Å². The molecule has 0 aliphatic heterocycles. The highest BCUT2D eigenvalue weighted by molar-refractivity contribution is 5.96. The van der Waals surface area contributed by atoms with Crippen LogP contribution in [0, 0.1) is 6.92 Å². The molecule has 2 rings (SSSR count). The van der Waals surface area contributed by atoms with Crippen LogP contribution >= 0.6 is 0 Å². The van der Waals surface area contributed by atoms with E-state index in [2.05, 4.69) is 15.5 Å². The molecule has 134 valence electrons. The summed E-state index contributed by atoms with van der Waals surface area (Å²) in [6, 6.07) is 4.24. The number of carbonyl (C=O) groups excluding carboxylic acids is 1. The lowest BCUT2D eigenvalue weighted by atomic mass is 10.2. The van der Waals surface area contributed by atoms with E-state index < -0.39 is 11.9 Å². The summed E-state index contributed by atoms with van der Waals surface area (Å²) in [6.07, 6.45) is -0.136. The highest BCUT2D eigenvalue weighted by Gasteiger charge is 2.14. The second kappa shape index (κ2) is 8.25. The van der Waals surface area contributed by atoms with E-state index in [-0.39, 0.29) is 36.5 Å². The number of amides is 1. The molecule has 9 nitrogen and oxygen atoms in total. The van der Waals surface area contributed by atoms with E-state index in [1.807, 2.05) is 13.8 Å². The Labute approximate surface area is 143 Å². The van der Waals surface area contributed by atoms with Crippen LogP contribution in [-0.4, -0.2) is 39.8 Å². The minimum atomic E-state index is -1.10. The van der Waals surface area contributed by atoms with E-state index in [0.717, 1.165) is 0 Å². The Balaban J connectivity index is 1.99. The van der Waals surface area contributed by atoms with Gasteiger partial charge in [-0.05, 0) is 39.0 Å². The van der Waals surface area contributed by atoms with Crippen LogP contribution in [0.15, 0.2) is 22.7 Å². The zero-order valence-corrected chi connectivity index (χ0v) is 14.1. The third-order valence-corrected chi connectivity index (χ3v) is 2.89. The van der Waals surface area contributed by atoms with Crippen molar-refractivity contribution >= 4 is 17.6 Å². The topological polar surface area (TPSA) is 124 Å². The van der Waals surface area contributed by atoms with Gasteiger partial charge in [-0.3, -0.25) is 4.79 Å². The number of rotatable bonds is 8. The molecule has 0 bridgehead atoms. The molecule has 0 atom stereocenters. The summed E-state index contributed by atoms with van der Waals surface area (Å²) in [7, 11) is 0. The summed E-state index contributed by atoms with van der Waals surface area (Å²) in [5.41, 5.74) is 0.296. The Bertz CT molecular complexity index is 756. The van der Waals surface area contributed by atoms with Gasteiger partial charge in [0.25, 0.3) is 5.89 Å². The van der Waals surface area contributed by atoms with Gasteiger partial charge in [-0.2, -0.15) is 4.98 Å². The minimum Gasteiger partial charge on any atom is -0.489 e. The first-order valence-electron chi connectivity index (χ1n) is 7.56. The van der Waals surface area contributed by atoms with Gasteiger partial charge in [0.15, 0.2) is 5.82 Å². The van der Waals surface area contributed by atoms with Crippen molar-refractivity contribution in [2.75, 3.05) is 11.9 Å². The maximum atomic E-state index is 12.0. The van der Waals surface area contributed by atoms with Gasteiger partial charge in [-0.15, -0.1) is 0 Å². The fourth-order valence-electron chi connectivity index (χ4n) is 1.93. The van der Waals surface area contributed by atoms with Crippen molar-refractivity contribution in [1.29, 1.82) is 0 Å². The number of anilines is 1. The number of hydrogen-bond donors (Lipinski definition) is 2. The van der Waals surface area contributed by atoms with Gasteiger partial charge in [0.1, 0.15) is 19.0 Å². The van der Waals surface area contributed by atoms with E-state index in [4.69, 9.17) is 19.1 Å². The van der Waals surface area contributed by atoms with Crippen LogP contribution in [0.3, 0.4) is 0 Å². The maximum absolute atomic E-state index is 12.0. The number of hydrogen-bond acceptors (Lipinski definition) is 7. The highest BCUT2D eigenvalue weighted by atomic mass is 16.5. The monoisotopic (exact) mass is 349 g/mol. The van der Waals surface area contributed by atoms with Gasteiger partial charge in [-0.1, -0.05) is 5.16 Å². The Hall–Kier alpha value is -2.94. The molecule has 1 amide bonds. The fourth-order valence-corrected chi connectivity index (χ4v) is 1.93. The lowest BCUT2D eigenvalue weighted by Gasteiger charge is -2.15. The molecule has 0 unspecified atom stereocenters. The Morgan fingerprint density at radius 1 is 1.36 bits per heavy atom. The lowest BCUT2D eigenvalue weighted by Crippen LogP contribution is -2.20. The number of carboxylic acids is 1. The standard InChI is InChI=1S/C16H19N3O6/c1-9(2)24-13-5-4-11(16(21)22)6-12(13)18-14(20)7-23-8-15-17-10(3)19-25-15/h4-6,9H,7-8H2,1-3H3,(H,18,20)(H,21,22).